The van der Waals surface area contributed by atoms with Crippen LogP contribution in [0.25, 0.3) is 0 Å². The first-order chi connectivity index (χ1) is 12.4. The molecule has 0 bridgehead atoms. The Morgan fingerprint density at radius 1 is 1.08 bits per heavy atom. The molecule has 0 aromatic heterocycles. The molecular weight excluding hydrogens is 510 g/mol. The van der Waals surface area contributed by atoms with Crippen LogP contribution in [0.3, 0.4) is 0 Å². The number of allylic oxidation sites excluding steroid dienone is 4. The zero-order valence-corrected chi connectivity index (χ0v) is 20.7. The van der Waals surface area contributed by atoms with Gasteiger partial charge in [0.15, 0.2) is 0 Å². The molecule has 2 rings (SSSR count). The molecule has 1 heteroatoms. The fourth-order valence-electron chi connectivity index (χ4n) is 5.63. The normalized spacial score (nSPS) is 31.9. The molecule has 0 aromatic rings. The van der Waals surface area contributed by atoms with Crippen LogP contribution in [0.5, 0.6) is 0 Å². The van der Waals surface area contributed by atoms with Crippen molar-refractivity contribution < 1.29 is 24.7 Å². The fourth-order valence-corrected chi connectivity index (χ4v) is 7.47. The van der Waals surface area contributed by atoms with E-state index in [-0.39, 0.29) is 0 Å². The summed E-state index contributed by atoms with van der Waals surface area (Å²) in [5, 5.41) is 0. The average Bonchev–Trinajstić information content (AvgIpc) is 2.59. The molecule has 0 aromatic carbocycles. The van der Waals surface area contributed by atoms with E-state index in [1.54, 1.807) is 11.1 Å². The van der Waals surface area contributed by atoms with Crippen LogP contribution in [-0.4, -0.2) is 0 Å². The number of fused-ring (bicyclic) bond motifs is 1. The molecule has 0 radical (unpaired) electrons. The van der Waals surface area contributed by atoms with Crippen molar-refractivity contribution in [1.82, 2.24) is 0 Å². The monoisotopic (exact) mass is 551 g/mol. The van der Waals surface area contributed by atoms with Crippen molar-refractivity contribution in [2.75, 3.05) is 0 Å². The van der Waals surface area contributed by atoms with Crippen molar-refractivity contribution in [2.45, 2.75) is 95.5 Å². The third kappa shape index (κ3) is 5.12. The first-order valence-corrected chi connectivity index (χ1v) is 12.8. The van der Waals surface area contributed by atoms with Crippen LogP contribution in [0.4, 0.5) is 0 Å². The molecule has 0 nitrogen and oxygen atoms in total. The SMILES string of the molecule is C=C1C(C)=C(CCCCCCC)C(C(=C)CCC)C2C(C)CC([At])CC12. The molecule has 0 amide bonds. The van der Waals surface area contributed by atoms with Gasteiger partial charge in [-0.3, -0.25) is 0 Å². The molecule has 5 unspecified atom stereocenters. The average molecular weight is 552 g/mol. The third-order valence-electron chi connectivity index (χ3n) is 6.99. The van der Waals surface area contributed by atoms with E-state index in [1.165, 1.54) is 75.4 Å². The third-order valence-corrected chi connectivity index (χ3v) is 8.38. The van der Waals surface area contributed by atoms with E-state index in [4.69, 9.17) is 0 Å². The Balaban J connectivity index is 2.28. The molecular formula is C25H41At. The Bertz CT molecular complexity index is 526. The van der Waals surface area contributed by atoms with E-state index < -0.39 is 0 Å². The van der Waals surface area contributed by atoms with Crippen molar-refractivity contribution in [1.29, 1.82) is 0 Å². The Kier molecular flexibility index (Phi) is 9.12. The molecule has 0 saturated heterocycles. The van der Waals surface area contributed by atoms with Gasteiger partial charge in [-0.1, -0.05) is 6.92 Å². The summed E-state index contributed by atoms with van der Waals surface area (Å²) in [6.07, 6.45) is 13.3. The Morgan fingerprint density at radius 2 is 1.77 bits per heavy atom. The molecule has 0 heterocycles. The summed E-state index contributed by atoms with van der Waals surface area (Å²) in [5.74, 6) is 2.91. The maximum atomic E-state index is 4.62. The zero-order valence-electron chi connectivity index (χ0n) is 17.7. The van der Waals surface area contributed by atoms with Crippen LogP contribution in [0, 0.1) is 48.4 Å². The van der Waals surface area contributed by atoms with E-state index in [0.717, 1.165) is 15.5 Å². The second-order valence-electron chi connectivity index (χ2n) is 8.96. The van der Waals surface area contributed by atoms with Crippen LogP contribution in [-0.2, 0) is 0 Å². The van der Waals surface area contributed by atoms with Crippen LogP contribution < -0.4 is 0 Å². The molecule has 1 saturated carbocycles. The summed E-state index contributed by atoms with van der Waals surface area (Å²) in [4.78, 5) is 0. The Morgan fingerprint density at radius 3 is 2.42 bits per heavy atom. The van der Waals surface area contributed by atoms with Crippen LogP contribution in [0.15, 0.2) is 35.5 Å². The van der Waals surface area contributed by atoms with Crippen molar-refractivity contribution >= 4 is 0 Å². The van der Waals surface area contributed by atoms with E-state index in [9.17, 15) is 0 Å². The van der Waals surface area contributed by atoms with Gasteiger partial charge in [0.05, 0.1) is 0 Å². The molecule has 2 aliphatic rings. The topological polar surface area (TPSA) is 0 Å². The number of unbranched alkanes of at least 4 members (excludes halogenated alkanes) is 4. The van der Waals surface area contributed by atoms with Crippen molar-refractivity contribution in [3.8, 4) is 0 Å². The summed E-state index contributed by atoms with van der Waals surface area (Å²) < 4.78 is 0.895. The fraction of sp³-hybridized carbons (Fsp3) is 0.760. The second kappa shape index (κ2) is 10.6. The van der Waals surface area contributed by atoms with Crippen LogP contribution >= 0.6 is 0 Å². The van der Waals surface area contributed by atoms with Gasteiger partial charge in [-0.05, 0) is 0 Å². The van der Waals surface area contributed by atoms with Crippen molar-refractivity contribution in [2.24, 2.45) is 23.7 Å². The van der Waals surface area contributed by atoms with Gasteiger partial charge in [0.1, 0.15) is 0 Å². The zero-order chi connectivity index (χ0) is 19.3. The summed E-state index contributed by atoms with van der Waals surface area (Å²) in [5.41, 5.74) is 6.27. The number of hydrogen-bond acceptors (Lipinski definition) is 0. The van der Waals surface area contributed by atoms with Crippen LogP contribution in [0.1, 0.15) is 91.9 Å². The van der Waals surface area contributed by atoms with Gasteiger partial charge < -0.3 is 0 Å². The number of rotatable bonds is 9. The van der Waals surface area contributed by atoms with Gasteiger partial charge in [0.2, 0.25) is 0 Å². The minimum atomic E-state index is 0.630. The Labute approximate surface area is 178 Å². The van der Waals surface area contributed by atoms with Gasteiger partial charge in [-0.25, -0.2) is 0 Å². The molecule has 5 atom stereocenters. The molecule has 0 aliphatic heterocycles. The molecule has 148 valence electrons. The summed E-state index contributed by atoms with van der Waals surface area (Å²) >= 11 is 2.00. The number of hydrogen-bond donors (Lipinski definition) is 0. The summed E-state index contributed by atoms with van der Waals surface area (Å²) in [6, 6.07) is 0. The Hall–Kier alpha value is 0.103. The molecule has 0 spiro atoms. The van der Waals surface area contributed by atoms with Crippen molar-refractivity contribution in [3.63, 3.8) is 0 Å². The summed E-state index contributed by atoms with van der Waals surface area (Å²) in [7, 11) is 0. The maximum absolute atomic E-state index is 4.62. The van der Waals surface area contributed by atoms with Crippen LogP contribution in [0.2, 0.25) is 3.63 Å². The van der Waals surface area contributed by atoms with E-state index in [2.05, 4.69) is 40.9 Å². The first-order valence-electron chi connectivity index (χ1n) is 11.1. The minimum absolute atomic E-state index is 0.630. The molecule has 0 N–H and O–H groups in total. The molecule has 2 aliphatic carbocycles. The second-order valence-corrected chi connectivity index (χ2v) is 11.4. The predicted molar refractivity (Wildman–Crippen MR) is 112 cm³/mol. The van der Waals surface area contributed by atoms with Gasteiger partial charge in [-0.15, -0.1) is 0 Å². The van der Waals surface area contributed by atoms with E-state index in [1.807, 2.05) is 24.7 Å². The predicted octanol–water partition coefficient (Wildman–Crippen LogP) is 8.21. The quantitative estimate of drug-likeness (QED) is 0.200. The van der Waals surface area contributed by atoms with E-state index in [0.29, 0.717) is 11.8 Å². The van der Waals surface area contributed by atoms with E-state index >= 15 is 0 Å². The van der Waals surface area contributed by atoms with Crippen molar-refractivity contribution in [3.05, 3.63) is 35.5 Å². The molecule has 26 heavy (non-hydrogen) atoms. The molecule has 1 fully saturated rings. The summed E-state index contributed by atoms with van der Waals surface area (Å²) in [6.45, 7) is 18.7. The van der Waals surface area contributed by atoms with Gasteiger partial charge in [0, 0.05) is 0 Å². The van der Waals surface area contributed by atoms with Gasteiger partial charge >= 0.3 is 172 Å². The van der Waals surface area contributed by atoms with Gasteiger partial charge in [-0.2, -0.15) is 0 Å². The standard InChI is InChI=1S/C25H41At/c1-7-9-10-11-12-14-22-19(5)20(6)23-16-21(26)15-18(4)25(23)24(22)17(3)13-8-2/h18,21,23-25H,3,6-16H2,1-2,4-5H3. The first kappa shape index (κ1) is 22.4. The van der Waals surface area contributed by atoms with Gasteiger partial charge in [0.25, 0.3) is 0 Å².